The summed E-state index contributed by atoms with van der Waals surface area (Å²) < 4.78 is 32.4. The van der Waals surface area contributed by atoms with E-state index in [2.05, 4.69) is 0 Å². The summed E-state index contributed by atoms with van der Waals surface area (Å²) in [6, 6.07) is 8.14. The van der Waals surface area contributed by atoms with Crippen LogP contribution in [-0.4, -0.2) is 7.11 Å². The topological polar surface area (TPSA) is 35.2 Å². The fraction of sp³-hybridized carbons (Fsp3) is 0.200. The van der Waals surface area contributed by atoms with E-state index in [0.717, 1.165) is 0 Å². The highest BCUT2D eigenvalue weighted by Gasteiger charge is 2.17. The highest BCUT2D eigenvalue weighted by Crippen LogP contribution is 2.30. The van der Waals surface area contributed by atoms with E-state index in [1.165, 1.54) is 25.3 Å². The maximum Gasteiger partial charge on any atom is 0.129 e. The minimum absolute atomic E-state index is 0.0306. The second-order valence-electron chi connectivity index (χ2n) is 4.40. The number of hydrogen-bond donors (Lipinski definition) is 1. The molecular formula is C15H14ClF2NO. The Hall–Kier alpha value is -1.65. The van der Waals surface area contributed by atoms with E-state index in [-0.39, 0.29) is 12.0 Å². The van der Waals surface area contributed by atoms with E-state index in [1.807, 2.05) is 0 Å². The summed E-state index contributed by atoms with van der Waals surface area (Å²) in [6.45, 7) is 0. The molecular weight excluding hydrogens is 284 g/mol. The summed E-state index contributed by atoms with van der Waals surface area (Å²) >= 11 is 5.87. The van der Waals surface area contributed by atoms with Crippen molar-refractivity contribution < 1.29 is 13.5 Å². The van der Waals surface area contributed by atoms with E-state index in [4.69, 9.17) is 22.1 Å². The van der Waals surface area contributed by atoms with E-state index in [1.54, 1.807) is 18.2 Å². The van der Waals surface area contributed by atoms with Crippen LogP contribution in [0, 0.1) is 11.6 Å². The lowest BCUT2D eigenvalue weighted by atomic mass is 9.98. The van der Waals surface area contributed by atoms with Crippen LogP contribution in [0.2, 0.25) is 5.02 Å². The monoisotopic (exact) mass is 297 g/mol. The maximum absolute atomic E-state index is 13.6. The van der Waals surface area contributed by atoms with Crippen LogP contribution in [0.4, 0.5) is 8.78 Å². The highest BCUT2D eigenvalue weighted by molar-refractivity contribution is 6.30. The third kappa shape index (κ3) is 3.08. The van der Waals surface area contributed by atoms with Gasteiger partial charge in [-0.3, -0.25) is 0 Å². The van der Waals surface area contributed by atoms with Crippen LogP contribution in [0.3, 0.4) is 0 Å². The summed E-state index contributed by atoms with van der Waals surface area (Å²) in [6.07, 6.45) is 0.0382. The average Bonchev–Trinajstić information content (AvgIpc) is 2.42. The second-order valence-corrected chi connectivity index (χ2v) is 4.83. The van der Waals surface area contributed by atoms with Gasteiger partial charge in [0.1, 0.15) is 17.4 Å². The fourth-order valence-electron chi connectivity index (χ4n) is 2.05. The molecule has 0 aliphatic heterocycles. The van der Waals surface area contributed by atoms with Crippen molar-refractivity contribution in [1.82, 2.24) is 0 Å². The quantitative estimate of drug-likeness (QED) is 0.930. The lowest BCUT2D eigenvalue weighted by Crippen LogP contribution is -2.16. The summed E-state index contributed by atoms with van der Waals surface area (Å²) in [4.78, 5) is 0. The molecule has 0 bridgehead atoms. The normalized spacial score (nSPS) is 12.2. The number of rotatable bonds is 4. The lowest BCUT2D eigenvalue weighted by molar-refractivity contribution is 0.404. The van der Waals surface area contributed by atoms with E-state index < -0.39 is 17.7 Å². The first-order valence-electron chi connectivity index (χ1n) is 6.05. The van der Waals surface area contributed by atoms with Crippen molar-refractivity contribution in [1.29, 1.82) is 0 Å². The zero-order chi connectivity index (χ0) is 14.7. The maximum atomic E-state index is 13.6. The van der Waals surface area contributed by atoms with Crippen LogP contribution in [0.25, 0.3) is 0 Å². The van der Waals surface area contributed by atoms with Crippen molar-refractivity contribution in [2.24, 2.45) is 5.73 Å². The SMILES string of the molecule is COc1cc(Cl)ccc1C(N)Cc1c(F)cccc1F. The Kier molecular flexibility index (Phi) is 4.57. The lowest BCUT2D eigenvalue weighted by Gasteiger charge is -2.16. The van der Waals surface area contributed by atoms with Gasteiger partial charge in [-0.1, -0.05) is 23.7 Å². The van der Waals surface area contributed by atoms with E-state index in [0.29, 0.717) is 16.3 Å². The zero-order valence-electron chi connectivity index (χ0n) is 10.9. The minimum Gasteiger partial charge on any atom is -0.496 e. The third-order valence-corrected chi connectivity index (χ3v) is 3.32. The molecule has 20 heavy (non-hydrogen) atoms. The molecule has 2 N–H and O–H groups in total. The van der Waals surface area contributed by atoms with E-state index >= 15 is 0 Å². The molecule has 0 aliphatic carbocycles. The van der Waals surface area contributed by atoms with Gasteiger partial charge in [0.25, 0.3) is 0 Å². The Labute approximate surface area is 121 Å². The highest BCUT2D eigenvalue weighted by atomic mass is 35.5. The van der Waals surface area contributed by atoms with Crippen molar-refractivity contribution in [3.63, 3.8) is 0 Å². The average molecular weight is 298 g/mol. The molecule has 2 rings (SSSR count). The van der Waals surface area contributed by atoms with Gasteiger partial charge in [-0.15, -0.1) is 0 Å². The Morgan fingerprint density at radius 1 is 1.20 bits per heavy atom. The van der Waals surface area contributed by atoms with Gasteiger partial charge in [0.2, 0.25) is 0 Å². The number of halogens is 3. The summed E-state index contributed by atoms with van der Waals surface area (Å²) in [5, 5.41) is 0.509. The molecule has 1 unspecified atom stereocenters. The summed E-state index contributed by atoms with van der Waals surface area (Å²) in [5.41, 5.74) is 6.66. The molecule has 0 heterocycles. The first-order valence-corrected chi connectivity index (χ1v) is 6.42. The zero-order valence-corrected chi connectivity index (χ0v) is 11.6. The largest absolute Gasteiger partial charge is 0.496 e. The number of nitrogens with two attached hydrogens (primary N) is 1. The molecule has 0 spiro atoms. The molecule has 0 saturated carbocycles. The number of methoxy groups -OCH3 is 1. The van der Waals surface area contributed by atoms with Gasteiger partial charge >= 0.3 is 0 Å². The Morgan fingerprint density at radius 3 is 2.45 bits per heavy atom. The number of hydrogen-bond acceptors (Lipinski definition) is 2. The van der Waals surface area contributed by atoms with Crippen LogP contribution < -0.4 is 10.5 Å². The van der Waals surface area contributed by atoms with Gasteiger partial charge in [-0.05, 0) is 30.7 Å². The Balaban J connectivity index is 2.31. The summed E-state index contributed by atoms with van der Waals surface area (Å²) in [7, 11) is 1.49. The van der Waals surface area contributed by atoms with Crippen molar-refractivity contribution in [3.8, 4) is 5.75 Å². The number of ether oxygens (including phenoxy) is 1. The van der Waals surface area contributed by atoms with E-state index in [9.17, 15) is 8.78 Å². The van der Waals surface area contributed by atoms with Crippen LogP contribution in [0.1, 0.15) is 17.2 Å². The standard InChI is InChI=1S/C15H14ClF2NO/c1-20-15-7-9(16)5-6-10(15)14(19)8-11-12(17)3-2-4-13(11)18/h2-7,14H,8,19H2,1H3. The smallest absolute Gasteiger partial charge is 0.129 e. The van der Waals surface area contributed by atoms with Crippen molar-refractivity contribution in [2.45, 2.75) is 12.5 Å². The molecule has 0 saturated heterocycles. The molecule has 2 aromatic rings. The second kappa shape index (κ2) is 6.20. The summed E-state index contributed by atoms with van der Waals surface area (Å²) in [5.74, 6) is -0.705. The molecule has 2 aromatic carbocycles. The minimum atomic E-state index is -0.603. The Bertz CT molecular complexity index is 599. The van der Waals surface area contributed by atoms with Crippen molar-refractivity contribution in [2.75, 3.05) is 7.11 Å². The van der Waals surface area contributed by atoms with Crippen LogP contribution in [0.15, 0.2) is 36.4 Å². The molecule has 0 radical (unpaired) electrons. The number of benzene rings is 2. The van der Waals surface area contributed by atoms with Crippen molar-refractivity contribution >= 4 is 11.6 Å². The van der Waals surface area contributed by atoms with Gasteiger partial charge in [0.05, 0.1) is 7.11 Å². The molecule has 2 nitrogen and oxygen atoms in total. The van der Waals surface area contributed by atoms with Crippen LogP contribution in [-0.2, 0) is 6.42 Å². The van der Waals surface area contributed by atoms with Gasteiger partial charge in [0.15, 0.2) is 0 Å². The van der Waals surface area contributed by atoms with Crippen LogP contribution >= 0.6 is 11.6 Å². The van der Waals surface area contributed by atoms with Crippen LogP contribution in [0.5, 0.6) is 5.75 Å². The van der Waals surface area contributed by atoms with Gasteiger partial charge in [0, 0.05) is 22.2 Å². The predicted molar refractivity (Wildman–Crippen MR) is 75.0 cm³/mol. The fourth-order valence-corrected chi connectivity index (χ4v) is 2.21. The molecule has 0 aromatic heterocycles. The first-order chi connectivity index (χ1) is 9.52. The van der Waals surface area contributed by atoms with Crippen molar-refractivity contribution in [3.05, 3.63) is 64.2 Å². The third-order valence-electron chi connectivity index (χ3n) is 3.08. The predicted octanol–water partition coefficient (Wildman–Crippen LogP) is 3.87. The molecule has 0 amide bonds. The molecule has 5 heteroatoms. The first kappa shape index (κ1) is 14.8. The Morgan fingerprint density at radius 2 is 1.85 bits per heavy atom. The molecule has 106 valence electrons. The molecule has 0 fully saturated rings. The molecule has 1 atom stereocenters. The van der Waals surface area contributed by atoms with Gasteiger partial charge in [-0.2, -0.15) is 0 Å². The van der Waals surface area contributed by atoms with Gasteiger partial charge in [-0.25, -0.2) is 8.78 Å². The molecule has 0 aliphatic rings. The van der Waals surface area contributed by atoms with Gasteiger partial charge < -0.3 is 10.5 Å².